The lowest BCUT2D eigenvalue weighted by atomic mass is 10.1. The number of benzene rings is 3. The summed E-state index contributed by atoms with van der Waals surface area (Å²) in [5, 5.41) is 16.5. The van der Waals surface area contributed by atoms with Crippen LogP contribution in [0.5, 0.6) is 5.75 Å². The molecule has 0 radical (unpaired) electrons. The lowest BCUT2D eigenvalue weighted by molar-refractivity contribution is -0.384. The molecule has 1 heterocycles. The molecule has 3 aromatic carbocycles. The number of nitrogens with zero attached hydrogens (tertiary/aromatic N) is 2. The maximum Gasteiger partial charge on any atom is 0.335 e. The van der Waals surface area contributed by atoms with Crippen LogP contribution in [0, 0.1) is 17.0 Å². The predicted molar refractivity (Wildman–Crippen MR) is 144 cm³/mol. The predicted octanol–water partition coefficient (Wildman–Crippen LogP) is 4.89. The van der Waals surface area contributed by atoms with E-state index in [4.69, 9.17) is 27.9 Å². The Labute approximate surface area is 231 Å². The van der Waals surface area contributed by atoms with Crippen LogP contribution < -0.4 is 20.3 Å². The lowest BCUT2D eigenvalue weighted by Gasteiger charge is -2.26. The number of hydrogen-bond donors (Lipinski definition) is 2. The Morgan fingerprint density at radius 3 is 2.59 bits per heavy atom. The first-order chi connectivity index (χ1) is 18.5. The minimum Gasteiger partial charge on any atom is -0.483 e. The molecule has 1 fully saturated rings. The van der Waals surface area contributed by atoms with Crippen LogP contribution in [0.2, 0.25) is 10.0 Å². The fraction of sp³-hybridized carbons (Fsp3) is 0.0769. The number of nitro benzene ring substituents is 1. The number of carbonyl (C=O) groups is 4. The zero-order valence-corrected chi connectivity index (χ0v) is 21.6. The van der Waals surface area contributed by atoms with Crippen molar-refractivity contribution in [3.05, 3.63) is 97.5 Å². The molecule has 0 spiro atoms. The minimum absolute atomic E-state index is 0.111. The fourth-order valence-electron chi connectivity index (χ4n) is 3.57. The van der Waals surface area contributed by atoms with E-state index in [2.05, 4.69) is 5.32 Å². The Bertz CT molecular complexity index is 1570. The van der Waals surface area contributed by atoms with Crippen LogP contribution in [-0.4, -0.2) is 35.3 Å². The number of hydrogen-bond acceptors (Lipinski definition) is 7. The van der Waals surface area contributed by atoms with E-state index in [1.54, 1.807) is 18.2 Å². The number of aryl methyl sites for hydroxylation is 1. The van der Waals surface area contributed by atoms with Crippen molar-refractivity contribution in [2.75, 3.05) is 16.8 Å². The smallest absolute Gasteiger partial charge is 0.335 e. The molecule has 5 amide bonds. The molecule has 1 aliphatic rings. The molecule has 0 unspecified atom stereocenters. The number of imide groups is 2. The SMILES string of the molecule is Cc1ccc(NC(=O)COc2ccc(Cl)cc2/C=C2/C(=O)NC(=O)N(c3cccc([N+](=O)[O-])c3)C2=O)cc1Cl. The maximum atomic E-state index is 13.2. The number of non-ortho nitro benzene ring substituents is 1. The molecule has 0 aromatic heterocycles. The number of carbonyl (C=O) groups excluding carboxylic acids is 4. The molecule has 3 aromatic rings. The van der Waals surface area contributed by atoms with Gasteiger partial charge in [-0.1, -0.05) is 35.3 Å². The third-order valence-corrected chi connectivity index (χ3v) is 6.13. The first kappa shape index (κ1) is 27.3. The Morgan fingerprint density at radius 2 is 1.87 bits per heavy atom. The first-order valence-corrected chi connectivity index (χ1v) is 11.9. The van der Waals surface area contributed by atoms with Crippen molar-refractivity contribution in [3.8, 4) is 5.75 Å². The van der Waals surface area contributed by atoms with Gasteiger partial charge in [-0.15, -0.1) is 0 Å². The summed E-state index contributed by atoms with van der Waals surface area (Å²) < 4.78 is 5.62. The second-order valence-electron chi connectivity index (χ2n) is 8.22. The topological polar surface area (TPSA) is 148 Å². The summed E-state index contributed by atoms with van der Waals surface area (Å²) in [4.78, 5) is 61.7. The van der Waals surface area contributed by atoms with Crippen molar-refractivity contribution in [2.24, 2.45) is 0 Å². The van der Waals surface area contributed by atoms with Gasteiger partial charge in [0.25, 0.3) is 23.4 Å². The molecule has 11 nitrogen and oxygen atoms in total. The van der Waals surface area contributed by atoms with Crippen LogP contribution in [0.1, 0.15) is 11.1 Å². The number of amides is 5. The van der Waals surface area contributed by atoms with E-state index < -0.39 is 40.9 Å². The third kappa shape index (κ3) is 6.22. The van der Waals surface area contributed by atoms with Crippen LogP contribution in [-0.2, 0) is 14.4 Å². The average molecular weight is 569 g/mol. The number of ether oxygens (including phenoxy) is 1. The summed E-state index contributed by atoms with van der Waals surface area (Å²) in [7, 11) is 0. The molecule has 39 heavy (non-hydrogen) atoms. The molecule has 0 bridgehead atoms. The zero-order chi connectivity index (χ0) is 28.3. The highest BCUT2D eigenvalue weighted by Gasteiger charge is 2.37. The molecule has 13 heteroatoms. The number of anilines is 2. The highest BCUT2D eigenvalue weighted by molar-refractivity contribution is 6.39. The quantitative estimate of drug-likeness (QED) is 0.178. The van der Waals surface area contributed by atoms with Crippen LogP contribution in [0.4, 0.5) is 21.9 Å². The summed E-state index contributed by atoms with van der Waals surface area (Å²) in [5.41, 5.74) is 0.546. The number of rotatable bonds is 7. The fourth-order valence-corrected chi connectivity index (χ4v) is 3.93. The van der Waals surface area contributed by atoms with Gasteiger partial charge in [0.1, 0.15) is 11.3 Å². The highest BCUT2D eigenvalue weighted by Crippen LogP contribution is 2.29. The monoisotopic (exact) mass is 568 g/mol. The molecule has 1 aliphatic heterocycles. The van der Waals surface area contributed by atoms with E-state index in [0.717, 1.165) is 17.7 Å². The summed E-state index contributed by atoms with van der Waals surface area (Å²) in [6.45, 7) is 1.39. The van der Waals surface area contributed by atoms with Crippen molar-refractivity contribution in [3.63, 3.8) is 0 Å². The van der Waals surface area contributed by atoms with E-state index in [1.165, 1.54) is 36.4 Å². The molecule has 0 aliphatic carbocycles. The molecule has 0 saturated carbocycles. The molecule has 198 valence electrons. The second-order valence-corrected chi connectivity index (χ2v) is 9.06. The normalized spacial score (nSPS) is 14.3. The van der Waals surface area contributed by atoms with Gasteiger partial charge >= 0.3 is 6.03 Å². The van der Waals surface area contributed by atoms with Gasteiger partial charge in [0.05, 0.1) is 10.6 Å². The Balaban J connectivity index is 1.59. The van der Waals surface area contributed by atoms with E-state index >= 15 is 0 Å². The summed E-state index contributed by atoms with van der Waals surface area (Å²) in [6, 6.07) is 13.1. The Hall–Kier alpha value is -4.74. The maximum absolute atomic E-state index is 13.2. The van der Waals surface area contributed by atoms with Crippen LogP contribution in [0.3, 0.4) is 0 Å². The highest BCUT2D eigenvalue weighted by atomic mass is 35.5. The van der Waals surface area contributed by atoms with E-state index in [0.29, 0.717) is 15.6 Å². The number of urea groups is 1. The Kier molecular flexibility index (Phi) is 7.93. The largest absolute Gasteiger partial charge is 0.483 e. The van der Waals surface area contributed by atoms with Gasteiger partial charge in [0.15, 0.2) is 6.61 Å². The van der Waals surface area contributed by atoms with Gasteiger partial charge in [-0.2, -0.15) is 0 Å². The average Bonchev–Trinajstić information content (AvgIpc) is 2.88. The molecular formula is C26H18Cl2N4O7. The standard InChI is InChI=1S/C26H18Cl2N4O7/c1-14-5-7-17(11-21(14)28)29-23(33)13-39-22-8-6-16(27)9-15(22)10-20-24(34)30-26(36)31(25(20)35)18-3-2-4-19(12-18)32(37)38/h2-12H,13H2,1H3,(H,29,33)(H,30,34,36)/b20-10-. The molecule has 1 saturated heterocycles. The summed E-state index contributed by atoms with van der Waals surface area (Å²) >= 11 is 12.2. The Morgan fingerprint density at radius 1 is 1.10 bits per heavy atom. The second kappa shape index (κ2) is 11.3. The van der Waals surface area contributed by atoms with Gasteiger partial charge < -0.3 is 10.1 Å². The van der Waals surface area contributed by atoms with E-state index in [-0.39, 0.29) is 27.7 Å². The molecule has 4 rings (SSSR count). The number of nitro groups is 1. The van der Waals surface area contributed by atoms with Crippen molar-refractivity contribution < 1.29 is 28.8 Å². The number of barbiturate groups is 1. The van der Waals surface area contributed by atoms with E-state index in [1.807, 2.05) is 12.2 Å². The van der Waals surface area contributed by atoms with Crippen molar-refractivity contribution >= 4 is 70.1 Å². The van der Waals surface area contributed by atoms with Gasteiger partial charge in [0.2, 0.25) is 0 Å². The van der Waals surface area contributed by atoms with Gasteiger partial charge in [0, 0.05) is 33.4 Å². The van der Waals surface area contributed by atoms with Gasteiger partial charge in [-0.05, 0) is 55.0 Å². The van der Waals surface area contributed by atoms with Crippen LogP contribution >= 0.6 is 23.2 Å². The van der Waals surface area contributed by atoms with Gasteiger partial charge in [-0.3, -0.25) is 29.8 Å². The van der Waals surface area contributed by atoms with E-state index in [9.17, 15) is 29.3 Å². The molecule has 2 N–H and O–H groups in total. The summed E-state index contributed by atoms with van der Waals surface area (Å²) in [5.74, 6) is -2.41. The van der Waals surface area contributed by atoms with Gasteiger partial charge in [-0.25, -0.2) is 9.69 Å². The summed E-state index contributed by atoms with van der Waals surface area (Å²) in [6.07, 6.45) is 1.15. The molecular weight excluding hydrogens is 551 g/mol. The van der Waals surface area contributed by atoms with Crippen LogP contribution in [0.15, 0.2) is 66.2 Å². The first-order valence-electron chi connectivity index (χ1n) is 11.2. The minimum atomic E-state index is -1.07. The number of halogens is 2. The lowest BCUT2D eigenvalue weighted by Crippen LogP contribution is -2.54. The van der Waals surface area contributed by atoms with Crippen molar-refractivity contribution in [1.82, 2.24) is 5.32 Å². The van der Waals surface area contributed by atoms with Crippen molar-refractivity contribution in [1.29, 1.82) is 0 Å². The van der Waals surface area contributed by atoms with Crippen LogP contribution in [0.25, 0.3) is 6.08 Å². The zero-order valence-electron chi connectivity index (χ0n) is 20.1. The number of nitrogens with one attached hydrogen (secondary N) is 2. The van der Waals surface area contributed by atoms with Crippen molar-refractivity contribution in [2.45, 2.75) is 6.92 Å². The third-order valence-electron chi connectivity index (χ3n) is 5.49. The molecule has 0 atom stereocenters.